The largest absolute Gasteiger partial charge is 0.398 e. The summed E-state index contributed by atoms with van der Waals surface area (Å²) in [5.74, 6) is -0.448. The number of amides is 1. The highest BCUT2D eigenvalue weighted by atomic mass is 79.9. The van der Waals surface area contributed by atoms with Crippen LogP contribution in [0.25, 0.3) is 0 Å². The molecule has 14 heavy (non-hydrogen) atoms. The van der Waals surface area contributed by atoms with E-state index in [-0.39, 0.29) is 0 Å². The standard InChI is InChI=1S/C9H9BrN2O2/c1-14-12-8(10)6-2-4-7(5-3-6)9(11)13/h2-5H,1H3,(H2,11,13)/b12-8-. The molecule has 0 spiro atoms. The van der Waals surface area contributed by atoms with Gasteiger partial charge in [0, 0.05) is 11.1 Å². The molecular formula is C9H9BrN2O2. The summed E-state index contributed by atoms with van der Waals surface area (Å²) in [6.45, 7) is 0. The maximum Gasteiger partial charge on any atom is 0.248 e. The molecule has 0 aliphatic heterocycles. The van der Waals surface area contributed by atoms with Gasteiger partial charge < -0.3 is 10.6 Å². The van der Waals surface area contributed by atoms with Crippen molar-refractivity contribution in [3.8, 4) is 0 Å². The summed E-state index contributed by atoms with van der Waals surface area (Å²) in [6, 6.07) is 6.72. The minimum Gasteiger partial charge on any atom is -0.398 e. The van der Waals surface area contributed by atoms with Gasteiger partial charge in [0.05, 0.1) is 0 Å². The van der Waals surface area contributed by atoms with Gasteiger partial charge >= 0.3 is 0 Å². The van der Waals surface area contributed by atoms with Crippen molar-refractivity contribution in [2.24, 2.45) is 10.9 Å². The van der Waals surface area contributed by atoms with Gasteiger partial charge in [-0.3, -0.25) is 4.79 Å². The Morgan fingerprint density at radius 1 is 1.36 bits per heavy atom. The maximum atomic E-state index is 10.8. The van der Waals surface area contributed by atoms with Crippen molar-refractivity contribution in [3.05, 3.63) is 35.4 Å². The monoisotopic (exact) mass is 256 g/mol. The molecular weight excluding hydrogens is 248 g/mol. The summed E-state index contributed by atoms with van der Waals surface area (Å²) in [4.78, 5) is 15.3. The first kappa shape index (κ1) is 10.7. The van der Waals surface area contributed by atoms with Gasteiger partial charge in [-0.05, 0) is 28.1 Å². The van der Waals surface area contributed by atoms with E-state index in [1.807, 2.05) is 0 Å². The van der Waals surface area contributed by atoms with Crippen molar-refractivity contribution in [1.29, 1.82) is 0 Å². The SMILES string of the molecule is CO/N=C(\Br)c1ccc(C(N)=O)cc1. The van der Waals surface area contributed by atoms with Crippen LogP contribution in [0.15, 0.2) is 29.4 Å². The number of carbonyl (C=O) groups excluding carboxylic acids is 1. The van der Waals surface area contributed by atoms with E-state index in [4.69, 9.17) is 5.73 Å². The number of rotatable bonds is 3. The first-order valence-corrected chi connectivity index (χ1v) is 4.61. The van der Waals surface area contributed by atoms with Gasteiger partial charge in [0.1, 0.15) is 7.11 Å². The minimum absolute atomic E-state index is 0.448. The van der Waals surface area contributed by atoms with Crippen LogP contribution in [-0.2, 0) is 4.84 Å². The number of oxime groups is 1. The zero-order valence-corrected chi connectivity index (χ0v) is 9.11. The van der Waals surface area contributed by atoms with E-state index >= 15 is 0 Å². The Hall–Kier alpha value is -1.36. The van der Waals surface area contributed by atoms with Crippen LogP contribution in [-0.4, -0.2) is 17.6 Å². The quantitative estimate of drug-likeness (QED) is 0.658. The Kier molecular flexibility index (Phi) is 3.64. The van der Waals surface area contributed by atoms with Crippen LogP contribution in [0, 0.1) is 0 Å². The fourth-order valence-corrected chi connectivity index (χ4v) is 1.31. The predicted octanol–water partition coefficient (Wildman–Crippen LogP) is 1.49. The van der Waals surface area contributed by atoms with E-state index in [0.29, 0.717) is 10.2 Å². The molecule has 0 atom stereocenters. The average Bonchev–Trinajstić information content (AvgIpc) is 2.18. The summed E-state index contributed by atoms with van der Waals surface area (Å²) in [6.07, 6.45) is 0. The Morgan fingerprint density at radius 3 is 2.29 bits per heavy atom. The van der Waals surface area contributed by atoms with Crippen LogP contribution < -0.4 is 5.73 Å². The van der Waals surface area contributed by atoms with Crippen LogP contribution in [0.4, 0.5) is 0 Å². The summed E-state index contributed by atoms with van der Waals surface area (Å²) >= 11 is 3.22. The Bertz CT molecular complexity index is 360. The number of hydrogen-bond acceptors (Lipinski definition) is 3. The van der Waals surface area contributed by atoms with E-state index in [1.54, 1.807) is 24.3 Å². The van der Waals surface area contributed by atoms with Crippen molar-refractivity contribution < 1.29 is 9.63 Å². The van der Waals surface area contributed by atoms with Gasteiger partial charge in [-0.1, -0.05) is 17.3 Å². The first-order valence-electron chi connectivity index (χ1n) is 3.82. The highest BCUT2D eigenvalue weighted by molar-refractivity contribution is 9.18. The second-order valence-electron chi connectivity index (χ2n) is 2.51. The van der Waals surface area contributed by atoms with Crippen molar-refractivity contribution in [3.63, 3.8) is 0 Å². The van der Waals surface area contributed by atoms with E-state index in [2.05, 4.69) is 25.9 Å². The predicted molar refractivity (Wildman–Crippen MR) is 57.4 cm³/mol. The number of halogens is 1. The van der Waals surface area contributed by atoms with Crippen LogP contribution in [0.2, 0.25) is 0 Å². The highest BCUT2D eigenvalue weighted by Crippen LogP contribution is 2.09. The third-order valence-corrected chi connectivity index (χ3v) is 2.18. The van der Waals surface area contributed by atoms with E-state index in [9.17, 15) is 4.79 Å². The normalized spacial score (nSPS) is 11.1. The lowest BCUT2D eigenvalue weighted by Crippen LogP contribution is -2.10. The molecule has 0 aliphatic rings. The lowest BCUT2D eigenvalue weighted by atomic mass is 10.1. The molecule has 1 amide bonds. The van der Waals surface area contributed by atoms with E-state index < -0.39 is 5.91 Å². The number of carbonyl (C=O) groups is 1. The molecule has 0 bridgehead atoms. The molecule has 1 aromatic rings. The fourth-order valence-electron chi connectivity index (χ4n) is 0.905. The molecule has 0 radical (unpaired) electrons. The molecule has 2 N–H and O–H groups in total. The smallest absolute Gasteiger partial charge is 0.248 e. The van der Waals surface area contributed by atoms with Crippen molar-refractivity contribution in [1.82, 2.24) is 0 Å². The van der Waals surface area contributed by atoms with E-state index in [0.717, 1.165) is 5.56 Å². The highest BCUT2D eigenvalue weighted by Gasteiger charge is 2.02. The molecule has 74 valence electrons. The molecule has 0 aromatic heterocycles. The van der Waals surface area contributed by atoms with Gasteiger partial charge in [0.15, 0.2) is 4.62 Å². The molecule has 0 unspecified atom stereocenters. The average molecular weight is 257 g/mol. The number of nitrogens with zero attached hydrogens (tertiary/aromatic N) is 1. The Labute approximate surface area is 89.9 Å². The molecule has 1 aromatic carbocycles. The van der Waals surface area contributed by atoms with Crippen molar-refractivity contribution in [2.75, 3.05) is 7.11 Å². The van der Waals surface area contributed by atoms with E-state index in [1.165, 1.54) is 7.11 Å². The third-order valence-electron chi connectivity index (χ3n) is 1.58. The number of hydrogen-bond donors (Lipinski definition) is 1. The molecule has 5 heteroatoms. The third kappa shape index (κ3) is 2.56. The molecule has 0 saturated heterocycles. The molecule has 0 saturated carbocycles. The Balaban J connectivity index is 2.94. The summed E-state index contributed by atoms with van der Waals surface area (Å²) in [5, 5.41) is 3.69. The summed E-state index contributed by atoms with van der Waals surface area (Å²) in [5.41, 5.74) is 6.37. The second kappa shape index (κ2) is 4.76. The van der Waals surface area contributed by atoms with Gasteiger partial charge in [0.2, 0.25) is 5.91 Å². The summed E-state index contributed by atoms with van der Waals surface area (Å²) < 4.78 is 0.566. The molecule has 1 rings (SSSR count). The Morgan fingerprint density at radius 2 is 1.86 bits per heavy atom. The van der Waals surface area contributed by atoms with Gasteiger partial charge in [-0.15, -0.1) is 0 Å². The zero-order chi connectivity index (χ0) is 10.6. The molecule has 0 fully saturated rings. The molecule has 4 nitrogen and oxygen atoms in total. The van der Waals surface area contributed by atoms with Crippen molar-refractivity contribution in [2.45, 2.75) is 0 Å². The second-order valence-corrected chi connectivity index (χ2v) is 3.26. The number of primary amides is 1. The lowest BCUT2D eigenvalue weighted by molar-refractivity contribution is 0.100. The minimum atomic E-state index is -0.448. The van der Waals surface area contributed by atoms with Crippen LogP contribution in [0.3, 0.4) is 0 Å². The van der Waals surface area contributed by atoms with Crippen LogP contribution in [0.1, 0.15) is 15.9 Å². The molecule has 0 aliphatic carbocycles. The van der Waals surface area contributed by atoms with Crippen molar-refractivity contribution >= 4 is 26.5 Å². The maximum absolute atomic E-state index is 10.8. The summed E-state index contributed by atoms with van der Waals surface area (Å²) in [7, 11) is 1.46. The number of nitrogens with two attached hydrogens (primary N) is 1. The topological polar surface area (TPSA) is 64.7 Å². The number of benzene rings is 1. The van der Waals surface area contributed by atoms with Gasteiger partial charge in [0.25, 0.3) is 0 Å². The first-order chi connectivity index (χ1) is 6.65. The zero-order valence-electron chi connectivity index (χ0n) is 7.53. The van der Waals surface area contributed by atoms with Gasteiger partial charge in [-0.25, -0.2) is 0 Å². The fraction of sp³-hybridized carbons (Fsp3) is 0.111. The molecule has 0 heterocycles. The van der Waals surface area contributed by atoms with Gasteiger partial charge in [-0.2, -0.15) is 0 Å². The van der Waals surface area contributed by atoms with Crippen LogP contribution >= 0.6 is 15.9 Å². The lowest BCUT2D eigenvalue weighted by Gasteiger charge is -1.99. The van der Waals surface area contributed by atoms with Crippen LogP contribution in [0.5, 0.6) is 0 Å².